The number of halogens is 1. The highest BCUT2D eigenvalue weighted by Gasteiger charge is 2.33. The van der Waals surface area contributed by atoms with Gasteiger partial charge in [-0.1, -0.05) is 42.4 Å². The minimum absolute atomic E-state index is 0.417. The van der Waals surface area contributed by atoms with Gasteiger partial charge in [-0.05, 0) is 30.4 Å². The van der Waals surface area contributed by atoms with Gasteiger partial charge in [0.2, 0.25) is 17.0 Å². The molecule has 1 amide bonds. The van der Waals surface area contributed by atoms with Crippen LogP contribution in [0.2, 0.25) is 5.02 Å². The quantitative estimate of drug-likeness (QED) is 0.829. The lowest BCUT2D eigenvalue weighted by Crippen LogP contribution is -2.31. The summed E-state index contributed by atoms with van der Waals surface area (Å²) in [5.74, 6) is 0.980. The minimum Gasteiger partial charge on any atom is -0.366 e. The molecule has 0 fully saturated rings. The fraction of sp³-hybridized carbons (Fsp3) is 0.267. The van der Waals surface area contributed by atoms with Crippen LogP contribution in [0.4, 0.5) is 5.95 Å². The van der Waals surface area contributed by atoms with Crippen molar-refractivity contribution in [3.63, 3.8) is 0 Å². The predicted molar refractivity (Wildman–Crippen MR) is 91.5 cm³/mol. The summed E-state index contributed by atoms with van der Waals surface area (Å²) in [6.07, 6.45) is 0. The van der Waals surface area contributed by atoms with Crippen LogP contribution in [0, 0.1) is 0 Å². The van der Waals surface area contributed by atoms with Gasteiger partial charge in [-0.3, -0.25) is 4.79 Å². The van der Waals surface area contributed by atoms with E-state index in [1.165, 1.54) is 0 Å². The summed E-state index contributed by atoms with van der Waals surface area (Å²) in [5, 5.41) is 8.92. The Morgan fingerprint density at radius 3 is 2.74 bits per heavy atom. The SMILES string of the molecule is CCSc1nc2n(n1)[C@H](c1ccc(Cl)cc1)C(C(N)=O)=C(C)N2. The number of hydrogen-bond acceptors (Lipinski definition) is 5. The second-order valence-electron chi connectivity index (χ2n) is 5.08. The Kier molecular flexibility index (Phi) is 4.32. The Labute approximate surface area is 143 Å². The first kappa shape index (κ1) is 15.9. The second-order valence-corrected chi connectivity index (χ2v) is 6.75. The summed E-state index contributed by atoms with van der Waals surface area (Å²) in [4.78, 5) is 16.5. The predicted octanol–water partition coefficient (Wildman–Crippen LogP) is 2.82. The van der Waals surface area contributed by atoms with Gasteiger partial charge < -0.3 is 11.1 Å². The molecule has 0 radical (unpaired) electrons. The zero-order valence-electron chi connectivity index (χ0n) is 12.7. The molecule has 1 aliphatic heterocycles. The number of allylic oxidation sites excluding steroid dienone is 1. The molecule has 8 heteroatoms. The summed E-state index contributed by atoms with van der Waals surface area (Å²) in [7, 11) is 0. The highest BCUT2D eigenvalue weighted by molar-refractivity contribution is 7.99. The number of nitrogens with one attached hydrogen (secondary N) is 1. The summed E-state index contributed by atoms with van der Waals surface area (Å²) in [5.41, 5.74) is 7.64. The molecule has 0 saturated carbocycles. The zero-order valence-corrected chi connectivity index (χ0v) is 14.3. The van der Waals surface area contributed by atoms with E-state index in [2.05, 4.69) is 15.4 Å². The van der Waals surface area contributed by atoms with E-state index < -0.39 is 11.9 Å². The molecule has 0 unspecified atom stereocenters. The first-order valence-corrected chi connectivity index (χ1v) is 8.50. The highest BCUT2D eigenvalue weighted by atomic mass is 35.5. The lowest BCUT2D eigenvalue weighted by atomic mass is 9.95. The molecule has 1 aromatic heterocycles. The largest absolute Gasteiger partial charge is 0.366 e. The number of carbonyl (C=O) groups is 1. The molecule has 2 aromatic rings. The number of amides is 1. The zero-order chi connectivity index (χ0) is 16.6. The van der Waals surface area contributed by atoms with Gasteiger partial charge in [-0.2, -0.15) is 4.98 Å². The number of nitrogens with two attached hydrogens (primary N) is 1. The number of fused-ring (bicyclic) bond motifs is 1. The van der Waals surface area contributed by atoms with Crippen molar-refractivity contribution in [2.45, 2.75) is 25.0 Å². The van der Waals surface area contributed by atoms with Crippen LogP contribution >= 0.6 is 23.4 Å². The fourth-order valence-electron chi connectivity index (χ4n) is 2.59. The standard InChI is InChI=1S/C15H16ClN5OS/c1-3-23-15-19-14-18-8(2)11(13(17)22)12(21(14)20-15)9-4-6-10(16)7-5-9/h4-7,12H,3H2,1-2H3,(H2,17,22)(H,18,19,20)/t12-/m1/s1. The summed E-state index contributed by atoms with van der Waals surface area (Å²) in [6, 6.07) is 6.88. The number of aromatic nitrogens is 3. The number of anilines is 1. The van der Waals surface area contributed by atoms with Crippen LogP contribution in [-0.4, -0.2) is 26.4 Å². The first-order chi connectivity index (χ1) is 11.0. The van der Waals surface area contributed by atoms with Gasteiger partial charge in [0, 0.05) is 10.7 Å². The van der Waals surface area contributed by atoms with Crippen LogP contribution in [0.15, 0.2) is 40.7 Å². The lowest BCUT2D eigenvalue weighted by molar-refractivity contribution is -0.115. The number of primary amides is 1. The van der Waals surface area contributed by atoms with Gasteiger partial charge in [0.15, 0.2) is 0 Å². The topological polar surface area (TPSA) is 85.8 Å². The van der Waals surface area contributed by atoms with Gasteiger partial charge in [0.1, 0.15) is 6.04 Å². The summed E-state index contributed by atoms with van der Waals surface area (Å²) >= 11 is 7.51. The molecular weight excluding hydrogens is 334 g/mol. The van der Waals surface area contributed by atoms with Crippen molar-refractivity contribution in [1.82, 2.24) is 14.8 Å². The first-order valence-electron chi connectivity index (χ1n) is 7.13. The van der Waals surface area contributed by atoms with Crippen LogP contribution in [0.1, 0.15) is 25.5 Å². The number of carbonyl (C=O) groups excluding carboxylic acids is 1. The molecule has 1 atom stereocenters. The van der Waals surface area contributed by atoms with Crippen molar-refractivity contribution in [3.8, 4) is 0 Å². The number of nitrogens with zero attached hydrogens (tertiary/aromatic N) is 3. The molecule has 120 valence electrons. The van der Waals surface area contributed by atoms with Gasteiger partial charge in [0.05, 0.1) is 5.57 Å². The third kappa shape index (κ3) is 2.94. The Bertz CT molecular complexity index is 784. The van der Waals surface area contributed by atoms with E-state index in [1.807, 2.05) is 26.0 Å². The smallest absolute Gasteiger partial charge is 0.248 e. The summed E-state index contributed by atoms with van der Waals surface area (Å²) < 4.78 is 1.70. The van der Waals surface area contributed by atoms with E-state index >= 15 is 0 Å². The van der Waals surface area contributed by atoms with E-state index in [1.54, 1.807) is 28.6 Å². The highest BCUT2D eigenvalue weighted by Crippen LogP contribution is 2.36. The van der Waals surface area contributed by atoms with Crippen molar-refractivity contribution in [2.24, 2.45) is 5.73 Å². The molecule has 0 saturated heterocycles. The molecule has 0 spiro atoms. The van der Waals surface area contributed by atoms with Crippen LogP contribution in [0.5, 0.6) is 0 Å². The maximum absolute atomic E-state index is 12.0. The van der Waals surface area contributed by atoms with Crippen molar-refractivity contribution < 1.29 is 4.79 Å². The molecule has 0 bridgehead atoms. The third-order valence-corrected chi connectivity index (χ3v) is 4.53. The van der Waals surface area contributed by atoms with Crippen molar-refractivity contribution in [3.05, 3.63) is 46.1 Å². The van der Waals surface area contributed by atoms with Crippen molar-refractivity contribution in [1.29, 1.82) is 0 Å². The van der Waals surface area contributed by atoms with E-state index in [4.69, 9.17) is 17.3 Å². The number of thioether (sulfide) groups is 1. The number of hydrogen-bond donors (Lipinski definition) is 2. The molecule has 3 N–H and O–H groups in total. The molecular formula is C15H16ClN5OS. The van der Waals surface area contributed by atoms with Crippen LogP contribution in [-0.2, 0) is 4.79 Å². The minimum atomic E-state index is -0.485. The monoisotopic (exact) mass is 349 g/mol. The van der Waals surface area contributed by atoms with E-state index in [0.717, 1.165) is 11.3 Å². The molecule has 6 nitrogen and oxygen atoms in total. The maximum atomic E-state index is 12.0. The molecule has 0 aliphatic carbocycles. The Hall–Kier alpha value is -1.99. The average molecular weight is 350 g/mol. The Morgan fingerprint density at radius 2 is 2.13 bits per heavy atom. The second kappa shape index (κ2) is 6.25. The Balaban J connectivity index is 2.15. The van der Waals surface area contributed by atoms with E-state index in [0.29, 0.717) is 27.4 Å². The lowest BCUT2D eigenvalue weighted by Gasteiger charge is -2.27. The summed E-state index contributed by atoms with van der Waals surface area (Å²) in [6.45, 7) is 3.85. The van der Waals surface area contributed by atoms with E-state index in [-0.39, 0.29) is 0 Å². The number of rotatable bonds is 4. The number of benzene rings is 1. The third-order valence-electron chi connectivity index (χ3n) is 3.56. The fourth-order valence-corrected chi connectivity index (χ4v) is 3.27. The van der Waals surface area contributed by atoms with Gasteiger partial charge in [-0.15, -0.1) is 5.10 Å². The molecule has 2 heterocycles. The molecule has 3 rings (SSSR count). The normalized spacial score (nSPS) is 16.9. The molecule has 1 aliphatic rings. The maximum Gasteiger partial charge on any atom is 0.248 e. The molecule has 1 aromatic carbocycles. The van der Waals surface area contributed by atoms with E-state index in [9.17, 15) is 4.79 Å². The van der Waals surface area contributed by atoms with Crippen LogP contribution in [0.3, 0.4) is 0 Å². The van der Waals surface area contributed by atoms with Crippen LogP contribution in [0.25, 0.3) is 0 Å². The van der Waals surface area contributed by atoms with Gasteiger partial charge in [0.25, 0.3) is 0 Å². The average Bonchev–Trinajstić information content (AvgIpc) is 2.89. The molecule has 23 heavy (non-hydrogen) atoms. The Morgan fingerprint density at radius 1 is 1.43 bits per heavy atom. The van der Waals surface area contributed by atoms with Crippen LogP contribution < -0.4 is 11.1 Å². The van der Waals surface area contributed by atoms with Crippen molar-refractivity contribution >= 4 is 35.2 Å². The van der Waals surface area contributed by atoms with Gasteiger partial charge >= 0.3 is 0 Å². The van der Waals surface area contributed by atoms with Gasteiger partial charge in [-0.25, -0.2) is 4.68 Å². The van der Waals surface area contributed by atoms with Crippen molar-refractivity contribution in [2.75, 3.05) is 11.1 Å².